The van der Waals surface area contributed by atoms with E-state index < -0.39 is 22.7 Å². The Morgan fingerprint density at radius 2 is 1.82 bits per heavy atom. The van der Waals surface area contributed by atoms with Crippen LogP contribution in [-0.2, 0) is 9.53 Å². The second-order valence-corrected chi connectivity index (χ2v) is 8.26. The summed E-state index contributed by atoms with van der Waals surface area (Å²) in [6.45, 7) is 1.18. The highest BCUT2D eigenvalue weighted by Crippen LogP contribution is 2.34. The second-order valence-electron chi connectivity index (χ2n) is 6.80. The van der Waals surface area contributed by atoms with Crippen molar-refractivity contribution >= 4 is 57.1 Å². The molecule has 12 heteroatoms. The summed E-state index contributed by atoms with van der Waals surface area (Å²) in [4.78, 5) is 48.1. The predicted molar refractivity (Wildman–Crippen MR) is 127 cm³/mol. The van der Waals surface area contributed by atoms with Crippen LogP contribution in [0.1, 0.15) is 25.6 Å². The van der Waals surface area contributed by atoms with Crippen LogP contribution in [0.2, 0.25) is 5.02 Å². The molecule has 0 aliphatic carbocycles. The molecular weight excluding hydrogens is 486 g/mol. The molecule has 0 bridgehead atoms. The highest BCUT2D eigenvalue weighted by atomic mass is 35.5. The van der Waals surface area contributed by atoms with Gasteiger partial charge in [-0.25, -0.2) is 4.79 Å². The zero-order chi connectivity index (χ0) is 24.8. The molecule has 2 amide bonds. The van der Waals surface area contributed by atoms with Gasteiger partial charge >= 0.3 is 5.97 Å². The molecule has 176 valence electrons. The summed E-state index contributed by atoms with van der Waals surface area (Å²) in [6, 6.07) is 11.8. The summed E-state index contributed by atoms with van der Waals surface area (Å²) in [7, 11) is 1.18. The van der Waals surface area contributed by atoms with E-state index in [0.29, 0.717) is 10.8 Å². The zero-order valence-electron chi connectivity index (χ0n) is 17.9. The van der Waals surface area contributed by atoms with Gasteiger partial charge in [0, 0.05) is 22.8 Å². The molecule has 1 aromatic heterocycles. The lowest BCUT2D eigenvalue weighted by molar-refractivity contribution is -0.384. The van der Waals surface area contributed by atoms with Crippen molar-refractivity contribution in [3.8, 4) is 5.75 Å². The first-order valence-electron chi connectivity index (χ1n) is 9.65. The standard InChI is InChI=1S/C22H18ClN3O7S/c1-12-18(22(29)32-2)21(25-17(27)11-33-16-8-6-13(23)7-9-16)34-19(12)20(28)24-14-4-3-5-15(10-14)26(30)31/h3-10H,11H2,1-2H3,(H,24,28)(H,25,27). The first-order valence-corrected chi connectivity index (χ1v) is 10.8. The number of hydrogen-bond acceptors (Lipinski definition) is 8. The fraction of sp³-hybridized carbons (Fsp3) is 0.136. The average molecular weight is 504 g/mol. The largest absolute Gasteiger partial charge is 0.484 e. The molecule has 0 unspecified atom stereocenters. The van der Waals surface area contributed by atoms with Crippen molar-refractivity contribution in [1.82, 2.24) is 0 Å². The van der Waals surface area contributed by atoms with Crippen molar-refractivity contribution in [3.05, 3.63) is 79.7 Å². The number of methoxy groups -OCH3 is 1. The maximum atomic E-state index is 12.8. The third-order valence-corrected chi connectivity index (χ3v) is 5.95. The van der Waals surface area contributed by atoms with Crippen LogP contribution < -0.4 is 15.4 Å². The monoisotopic (exact) mass is 503 g/mol. The molecule has 2 N–H and O–H groups in total. The van der Waals surface area contributed by atoms with Crippen molar-refractivity contribution < 1.29 is 28.8 Å². The summed E-state index contributed by atoms with van der Waals surface area (Å²) in [5.41, 5.74) is 0.323. The number of thiophene rings is 1. The fourth-order valence-corrected chi connectivity index (χ4v) is 4.13. The van der Waals surface area contributed by atoms with Crippen LogP contribution in [0.15, 0.2) is 48.5 Å². The SMILES string of the molecule is COC(=O)c1c(NC(=O)COc2ccc(Cl)cc2)sc(C(=O)Nc2cccc([N+](=O)[O-])c2)c1C. The number of ether oxygens (including phenoxy) is 2. The van der Waals surface area contributed by atoms with Gasteiger partial charge in [0.15, 0.2) is 6.61 Å². The predicted octanol–water partition coefficient (Wildman–Crippen LogP) is 4.67. The molecule has 3 aromatic rings. The number of carbonyl (C=O) groups excluding carboxylic acids is 3. The minimum atomic E-state index is -0.739. The number of esters is 1. The van der Waals surface area contributed by atoms with Gasteiger partial charge in [-0.1, -0.05) is 17.7 Å². The maximum absolute atomic E-state index is 12.8. The van der Waals surface area contributed by atoms with E-state index in [0.717, 1.165) is 11.3 Å². The molecule has 0 radical (unpaired) electrons. The summed E-state index contributed by atoms with van der Waals surface area (Å²) in [5, 5.41) is 16.7. The van der Waals surface area contributed by atoms with Gasteiger partial charge in [-0.2, -0.15) is 0 Å². The van der Waals surface area contributed by atoms with E-state index in [4.69, 9.17) is 21.1 Å². The minimum Gasteiger partial charge on any atom is -0.484 e. The summed E-state index contributed by atoms with van der Waals surface area (Å²) in [6.07, 6.45) is 0. The van der Waals surface area contributed by atoms with Gasteiger partial charge < -0.3 is 20.1 Å². The summed E-state index contributed by atoms with van der Waals surface area (Å²) >= 11 is 6.69. The third kappa shape index (κ3) is 5.88. The number of nitrogens with zero attached hydrogens (tertiary/aromatic N) is 1. The molecule has 0 atom stereocenters. The number of nitro groups is 1. The molecule has 0 saturated carbocycles. The van der Waals surface area contributed by atoms with Gasteiger partial charge in [0.25, 0.3) is 17.5 Å². The van der Waals surface area contributed by atoms with Crippen LogP contribution in [0, 0.1) is 17.0 Å². The Bertz CT molecular complexity index is 1260. The van der Waals surface area contributed by atoms with Crippen LogP contribution in [0.25, 0.3) is 0 Å². The van der Waals surface area contributed by atoms with E-state index in [-0.39, 0.29) is 39.0 Å². The molecule has 34 heavy (non-hydrogen) atoms. The molecular formula is C22H18ClN3O7S. The number of halogens is 1. The lowest BCUT2D eigenvalue weighted by Crippen LogP contribution is -2.21. The Labute approximate surface area is 202 Å². The number of carbonyl (C=O) groups is 3. The number of nitro benzene ring substituents is 1. The normalized spacial score (nSPS) is 10.3. The topological polar surface area (TPSA) is 137 Å². The Balaban J connectivity index is 1.79. The van der Waals surface area contributed by atoms with Crippen LogP contribution in [-0.4, -0.2) is 36.4 Å². The number of benzene rings is 2. The maximum Gasteiger partial charge on any atom is 0.341 e. The molecule has 0 saturated heterocycles. The Morgan fingerprint density at radius 3 is 2.47 bits per heavy atom. The molecule has 2 aromatic carbocycles. The Kier molecular flexibility index (Phi) is 7.82. The van der Waals surface area contributed by atoms with Crippen LogP contribution in [0.4, 0.5) is 16.4 Å². The lowest BCUT2D eigenvalue weighted by Gasteiger charge is -2.08. The van der Waals surface area contributed by atoms with Crippen molar-refractivity contribution in [2.75, 3.05) is 24.4 Å². The summed E-state index contributed by atoms with van der Waals surface area (Å²) < 4.78 is 10.2. The minimum absolute atomic E-state index is 0.0246. The number of rotatable bonds is 8. The van der Waals surface area contributed by atoms with Crippen LogP contribution in [0.5, 0.6) is 5.75 Å². The van der Waals surface area contributed by atoms with Gasteiger partial charge in [0.2, 0.25) is 0 Å². The van der Waals surface area contributed by atoms with Crippen LogP contribution >= 0.6 is 22.9 Å². The first kappa shape index (κ1) is 24.7. The van der Waals surface area contributed by atoms with Crippen molar-refractivity contribution in [3.63, 3.8) is 0 Å². The average Bonchev–Trinajstić information content (AvgIpc) is 3.14. The third-order valence-electron chi connectivity index (χ3n) is 4.49. The van der Waals surface area contributed by atoms with Crippen molar-refractivity contribution in [1.29, 1.82) is 0 Å². The van der Waals surface area contributed by atoms with Crippen LogP contribution in [0.3, 0.4) is 0 Å². The smallest absolute Gasteiger partial charge is 0.341 e. The van der Waals surface area contributed by atoms with E-state index in [1.54, 1.807) is 24.3 Å². The molecule has 0 aliphatic heterocycles. The van der Waals surface area contributed by atoms with Gasteiger partial charge in [-0.15, -0.1) is 11.3 Å². The molecule has 1 heterocycles. The lowest BCUT2D eigenvalue weighted by atomic mass is 10.1. The summed E-state index contributed by atoms with van der Waals surface area (Å²) in [5.74, 6) is -1.48. The Morgan fingerprint density at radius 1 is 1.12 bits per heavy atom. The van der Waals surface area contributed by atoms with Crippen molar-refractivity contribution in [2.24, 2.45) is 0 Å². The molecule has 0 fully saturated rings. The van der Waals surface area contributed by atoms with Gasteiger partial charge in [-0.05, 0) is 42.8 Å². The molecule has 10 nitrogen and oxygen atoms in total. The van der Waals surface area contributed by atoms with E-state index in [9.17, 15) is 24.5 Å². The fourth-order valence-electron chi connectivity index (χ4n) is 2.89. The van der Waals surface area contributed by atoms with E-state index in [1.807, 2.05) is 0 Å². The highest BCUT2D eigenvalue weighted by Gasteiger charge is 2.26. The quantitative estimate of drug-likeness (QED) is 0.259. The highest BCUT2D eigenvalue weighted by molar-refractivity contribution is 7.19. The van der Waals surface area contributed by atoms with E-state index in [1.165, 1.54) is 38.3 Å². The van der Waals surface area contributed by atoms with Gasteiger partial charge in [0.1, 0.15) is 10.8 Å². The molecule has 3 rings (SSSR count). The van der Waals surface area contributed by atoms with E-state index >= 15 is 0 Å². The second kappa shape index (κ2) is 10.8. The van der Waals surface area contributed by atoms with Crippen molar-refractivity contribution in [2.45, 2.75) is 6.92 Å². The first-order chi connectivity index (χ1) is 16.2. The van der Waals surface area contributed by atoms with Gasteiger partial charge in [0.05, 0.1) is 22.5 Å². The van der Waals surface area contributed by atoms with E-state index in [2.05, 4.69) is 10.6 Å². The number of hydrogen-bond donors (Lipinski definition) is 2. The number of amides is 2. The van der Waals surface area contributed by atoms with Gasteiger partial charge in [-0.3, -0.25) is 19.7 Å². The molecule has 0 aliphatic rings. The Hall–Kier alpha value is -3.96. The number of non-ortho nitro benzene ring substituents is 1. The molecule has 0 spiro atoms. The number of anilines is 2. The zero-order valence-corrected chi connectivity index (χ0v) is 19.5. The number of nitrogens with one attached hydrogen (secondary N) is 2.